The van der Waals surface area contributed by atoms with Crippen molar-refractivity contribution < 1.29 is 4.79 Å². The largest absolute Gasteiger partial charge is 0.358 e. The minimum Gasteiger partial charge on any atom is -0.358 e. The van der Waals surface area contributed by atoms with Gasteiger partial charge in [-0.3, -0.25) is 4.79 Å². The lowest BCUT2D eigenvalue weighted by Gasteiger charge is -2.11. The van der Waals surface area contributed by atoms with Crippen molar-refractivity contribution in [1.29, 1.82) is 0 Å². The van der Waals surface area contributed by atoms with Crippen LogP contribution < -0.4 is 5.32 Å². The van der Waals surface area contributed by atoms with Crippen molar-refractivity contribution in [2.75, 3.05) is 11.5 Å². The molecule has 1 aliphatic rings. The molecule has 1 aliphatic heterocycles. The van der Waals surface area contributed by atoms with Crippen molar-refractivity contribution in [3.8, 4) is 0 Å². The van der Waals surface area contributed by atoms with Crippen LogP contribution in [0, 0.1) is 13.8 Å². The Morgan fingerprint density at radius 1 is 1.42 bits per heavy atom. The van der Waals surface area contributed by atoms with E-state index in [0.717, 1.165) is 34.4 Å². The van der Waals surface area contributed by atoms with Gasteiger partial charge in [-0.2, -0.15) is 11.8 Å². The Morgan fingerprint density at radius 2 is 2.26 bits per heavy atom. The maximum Gasteiger partial charge on any atom is 0.251 e. The van der Waals surface area contributed by atoms with Crippen molar-refractivity contribution in [3.05, 3.63) is 35.0 Å². The fourth-order valence-corrected chi connectivity index (χ4v) is 3.67. The molecule has 1 saturated heterocycles. The monoisotopic (exact) mass is 274 g/mol. The number of carbonyl (C=O) groups is 1. The molecule has 2 N–H and O–H groups in total. The van der Waals surface area contributed by atoms with Crippen molar-refractivity contribution in [1.82, 2.24) is 10.3 Å². The van der Waals surface area contributed by atoms with Gasteiger partial charge >= 0.3 is 0 Å². The molecule has 1 amide bonds. The molecule has 0 aliphatic carbocycles. The lowest BCUT2D eigenvalue weighted by Crippen LogP contribution is -2.34. The standard InChI is InChI=1S/C15H18N2OS/c1-9-10(2)16-14-4-3-11(7-13(9)14)15(18)17-12-5-6-19-8-12/h3-4,7,12,16H,5-6,8H2,1-2H3,(H,17,18). The van der Waals surface area contributed by atoms with E-state index >= 15 is 0 Å². The van der Waals surface area contributed by atoms with E-state index in [1.165, 1.54) is 11.3 Å². The SMILES string of the molecule is Cc1[nH]c2ccc(C(=O)NC3CCSC3)cc2c1C. The minimum absolute atomic E-state index is 0.0488. The normalized spacial score (nSPS) is 18.9. The molecule has 1 aromatic heterocycles. The second-order valence-corrected chi connectivity index (χ2v) is 6.32. The number of nitrogens with one attached hydrogen (secondary N) is 2. The third-order valence-corrected chi connectivity index (χ3v) is 5.00. The number of aromatic amines is 1. The number of aromatic nitrogens is 1. The summed E-state index contributed by atoms with van der Waals surface area (Å²) in [5.41, 5.74) is 4.25. The van der Waals surface area contributed by atoms with Crippen molar-refractivity contribution in [3.63, 3.8) is 0 Å². The number of thioether (sulfide) groups is 1. The first-order chi connectivity index (χ1) is 9.15. The summed E-state index contributed by atoms with van der Waals surface area (Å²) in [6, 6.07) is 6.22. The zero-order valence-electron chi connectivity index (χ0n) is 11.2. The Balaban J connectivity index is 1.87. The fraction of sp³-hybridized carbons (Fsp3) is 0.400. The summed E-state index contributed by atoms with van der Waals surface area (Å²) < 4.78 is 0. The van der Waals surface area contributed by atoms with Crippen LogP contribution >= 0.6 is 11.8 Å². The van der Waals surface area contributed by atoms with Crippen LogP contribution in [0.15, 0.2) is 18.2 Å². The van der Waals surface area contributed by atoms with E-state index in [-0.39, 0.29) is 5.91 Å². The van der Waals surface area contributed by atoms with E-state index in [2.05, 4.69) is 24.1 Å². The van der Waals surface area contributed by atoms with Gasteiger partial charge in [-0.1, -0.05) is 0 Å². The van der Waals surface area contributed by atoms with Crippen LogP contribution in [0.3, 0.4) is 0 Å². The van der Waals surface area contributed by atoms with Gasteiger partial charge < -0.3 is 10.3 Å². The second-order valence-electron chi connectivity index (χ2n) is 5.17. The zero-order valence-corrected chi connectivity index (χ0v) is 12.1. The predicted molar refractivity (Wildman–Crippen MR) is 81.0 cm³/mol. The first-order valence-electron chi connectivity index (χ1n) is 6.62. The molecule has 3 rings (SSSR count). The summed E-state index contributed by atoms with van der Waals surface area (Å²) in [4.78, 5) is 15.6. The topological polar surface area (TPSA) is 44.9 Å². The number of hydrogen-bond donors (Lipinski definition) is 2. The van der Waals surface area contributed by atoms with Crippen LogP contribution in [-0.4, -0.2) is 28.4 Å². The van der Waals surface area contributed by atoms with Gasteiger partial charge in [0.05, 0.1) is 0 Å². The van der Waals surface area contributed by atoms with Gasteiger partial charge in [-0.05, 0) is 49.8 Å². The molecule has 2 aromatic rings. The van der Waals surface area contributed by atoms with Crippen LogP contribution in [0.5, 0.6) is 0 Å². The maximum absolute atomic E-state index is 12.2. The molecular weight excluding hydrogens is 256 g/mol. The quantitative estimate of drug-likeness (QED) is 0.884. The van der Waals surface area contributed by atoms with E-state index in [4.69, 9.17) is 0 Å². The average molecular weight is 274 g/mol. The molecule has 3 nitrogen and oxygen atoms in total. The highest BCUT2D eigenvalue weighted by Gasteiger charge is 2.18. The average Bonchev–Trinajstić information content (AvgIpc) is 2.99. The van der Waals surface area contributed by atoms with Crippen LogP contribution in [0.25, 0.3) is 10.9 Å². The number of aryl methyl sites for hydroxylation is 2. The van der Waals surface area contributed by atoms with Gasteiger partial charge in [-0.15, -0.1) is 0 Å². The third kappa shape index (κ3) is 2.37. The molecule has 0 bridgehead atoms. The van der Waals surface area contributed by atoms with Gasteiger partial charge in [0.1, 0.15) is 0 Å². The van der Waals surface area contributed by atoms with Gasteiger partial charge in [-0.25, -0.2) is 0 Å². The van der Waals surface area contributed by atoms with Crippen LogP contribution in [0.1, 0.15) is 28.0 Å². The van der Waals surface area contributed by atoms with Crippen molar-refractivity contribution in [2.45, 2.75) is 26.3 Å². The number of rotatable bonds is 2. The molecule has 0 saturated carbocycles. The number of hydrogen-bond acceptors (Lipinski definition) is 2. The number of fused-ring (bicyclic) bond motifs is 1. The summed E-state index contributed by atoms with van der Waals surface area (Å²) in [6.07, 6.45) is 1.08. The summed E-state index contributed by atoms with van der Waals surface area (Å²) in [5.74, 6) is 2.24. The zero-order chi connectivity index (χ0) is 13.4. The predicted octanol–water partition coefficient (Wildman–Crippen LogP) is 3.02. The third-order valence-electron chi connectivity index (χ3n) is 3.84. The number of H-pyrrole nitrogens is 1. The first-order valence-corrected chi connectivity index (χ1v) is 7.78. The Bertz CT molecular complexity index is 626. The van der Waals surface area contributed by atoms with Gasteiger partial charge in [0.15, 0.2) is 0 Å². The molecule has 1 atom stereocenters. The molecule has 4 heteroatoms. The Morgan fingerprint density at radius 3 is 3.00 bits per heavy atom. The summed E-state index contributed by atoms with van der Waals surface area (Å²) >= 11 is 1.91. The Hall–Kier alpha value is -1.42. The molecule has 100 valence electrons. The smallest absolute Gasteiger partial charge is 0.251 e. The highest BCUT2D eigenvalue weighted by molar-refractivity contribution is 7.99. The van der Waals surface area contributed by atoms with E-state index in [0.29, 0.717) is 6.04 Å². The van der Waals surface area contributed by atoms with E-state index in [1.54, 1.807) is 0 Å². The number of benzene rings is 1. The molecule has 1 fully saturated rings. The van der Waals surface area contributed by atoms with Crippen LogP contribution in [-0.2, 0) is 0 Å². The first kappa shape index (κ1) is 12.6. The van der Waals surface area contributed by atoms with E-state index in [1.807, 2.05) is 30.0 Å². The molecule has 0 spiro atoms. The van der Waals surface area contributed by atoms with E-state index in [9.17, 15) is 4.79 Å². The van der Waals surface area contributed by atoms with E-state index < -0.39 is 0 Å². The maximum atomic E-state index is 12.2. The molecule has 0 radical (unpaired) electrons. The number of carbonyl (C=O) groups excluding carboxylic acids is 1. The van der Waals surface area contributed by atoms with Crippen molar-refractivity contribution >= 4 is 28.6 Å². The summed E-state index contributed by atoms with van der Waals surface area (Å²) in [5, 5.41) is 4.26. The lowest BCUT2D eigenvalue weighted by molar-refractivity contribution is 0.0941. The summed E-state index contributed by atoms with van der Waals surface area (Å²) in [7, 11) is 0. The highest BCUT2D eigenvalue weighted by Crippen LogP contribution is 2.23. The second kappa shape index (κ2) is 4.93. The molecule has 1 unspecified atom stereocenters. The lowest BCUT2D eigenvalue weighted by atomic mass is 10.1. The number of amides is 1. The van der Waals surface area contributed by atoms with Crippen LogP contribution in [0.4, 0.5) is 0 Å². The molecular formula is C15H18N2OS. The van der Waals surface area contributed by atoms with Gasteiger partial charge in [0, 0.05) is 34.0 Å². The van der Waals surface area contributed by atoms with Crippen LogP contribution in [0.2, 0.25) is 0 Å². The minimum atomic E-state index is 0.0488. The van der Waals surface area contributed by atoms with Gasteiger partial charge in [0.2, 0.25) is 0 Å². The molecule has 19 heavy (non-hydrogen) atoms. The molecule has 2 heterocycles. The Kier molecular flexibility index (Phi) is 3.27. The molecule has 1 aromatic carbocycles. The van der Waals surface area contributed by atoms with Crippen molar-refractivity contribution in [2.24, 2.45) is 0 Å². The highest BCUT2D eigenvalue weighted by atomic mass is 32.2. The summed E-state index contributed by atoms with van der Waals surface area (Å²) in [6.45, 7) is 4.15. The fourth-order valence-electron chi connectivity index (χ4n) is 2.52. The van der Waals surface area contributed by atoms with Gasteiger partial charge in [0.25, 0.3) is 5.91 Å². The Labute approximate surface area is 117 Å².